The number of nitrogens with two attached hydrogens (primary N) is 1. The fourth-order valence-electron chi connectivity index (χ4n) is 2.65. The Kier molecular flexibility index (Phi) is 5.40. The lowest BCUT2D eigenvalue weighted by atomic mass is 9.77. The van der Waals surface area contributed by atoms with Crippen LogP contribution < -0.4 is 11.1 Å². The molecular formula is C16H24N2O. The van der Waals surface area contributed by atoms with Gasteiger partial charge in [-0.3, -0.25) is 4.79 Å². The first-order valence-electron chi connectivity index (χ1n) is 7.36. The van der Waals surface area contributed by atoms with Crippen LogP contribution in [0.2, 0.25) is 0 Å². The predicted octanol–water partition coefficient (Wildman–Crippen LogP) is 2.35. The van der Waals surface area contributed by atoms with Crippen molar-refractivity contribution in [3.05, 3.63) is 35.4 Å². The molecule has 0 aliphatic heterocycles. The van der Waals surface area contributed by atoms with Crippen molar-refractivity contribution in [2.45, 2.75) is 44.4 Å². The number of nitrogens with one attached hydrogen (secondary N) is 1. The number of fused-ring (bicyclic) bond motifs is 1. The molecular weight excluding hydrogens is 236 g/mol. The van der Waals surface area contributed by atoms with Crippen LogP contribution in [0.4, 0.5) is 0 Å². The van der Waals surface area contributed by atoms with Crippen molar-refractivity contribution < 1.29 is 4.79 Å². The highest BCUT2D eigenvalue weighted by molar-refractivity contribution is 5.75. The largest absolute Gasteiger partial charge is 0.355 e. The van der Waals surface area contributed by atoms with E-state index in [2.05, 4.69) is 29.6 Å². The highest BCUT2D eigenvalue weighted by atomic mass is 16.1. The Labute approximate surface area is 115 Å². The van der Waals surface area contributed by atoms with Crippen LogP contribution in [0.1, 0.15) is 49.1 Å². The molecule has 1 atom stereocenters. The van der Waals surface area contributed by atoms with Gasteiger partial charge >= 0.3 is 0 Å². The van der Waals surface area contributed by atoms with Crippen LogP contribution in [0.3, 0.4) is 0 Å². The Hall–Kier alpha value is -1.35. The summed E-state index contributed by atoms with van der Waals surface area (Å²) in [5.41, 5.74) is 8.27. The number of amides is 1. The number of hydrogen-bond acceptors (Lipinski definition) is 2. The quantitative estimate of drug-likeness (QED) is 0.705. The van der Waals surface area contributed by atoms with Crippen LogP contribution in [0, 0.1) is 0 Å². The van der Waals surface area contributed by atoms with Crippen molar-refractivity contribution in [1.82, 2.24) is 5.32 Å². The number of benzene rings is 1. The first-order chi connectivity index (χ1) is 9.31. The molecule has 104 valence electrons. The smallest absolute Gasteiger partial charge is 0.220 e. The minimum atomic E-state index is 0.192. The second-order valence-corrected chi connectivity index (χ2v) is 5.36. The van der Waals surface area contributed by atoms with Crippen LogP contribution in [0.15, 0.2) is 24.3 Å². The van der Waals surface area contributed by atoms with Crippen LogP contribution in [0.5, 0.6) is 0 Å². The van der Waals surface area contributed by atoms with Crippen molar-refractivity contribution in [1.29, 1.82) is 0 Å². The Morgan fingerprint density at radius 3 is 2.79 bits per heavy atom. The van der Waals surface area contributed by atoms with Crippen LogP contribution in [-0.4, -0.2) is 19.0 Å². The monoisotopic (exact) mass is 260 g/mol. The van der Waals surface area contributed by atoms with Crippen molar-refractivity contribution in [3.8, 4) is 0 Å². The molecule has 19 heavy (non-hydrogen) atoms. The molecule has 0 heterocycles. The molecule has 3 heteroatoms. The van der Waals surface area contributed by atoms with Gasteiger partial charge in [-0.1, -0.05) is 37.1 Å². The second-order valence-electron chi connectivity index (χ2n) is 5.36. The van der Waals surface area contributed by atoms with Gasteiger partial charge in [0.2, 0.25) is 5.91 Å². The highest BCUT2D eigenvalue weighted by Crippen LogP contribution is 2.33. The van der Waals surface area contributed by atoms with Gasteiger partial charge in [0.05, 0.1) is 0 Å². The van der Waals surface area contributed by atoms with Crippen LogP contribution >= 0.6 is 0 Å². The van der Waals surface area contributed by atoms with E-state index in [0.717, 1.165) is 45.2 Å². The highest BCUT2D eigenvalue weighted by Gasteiger charge is 2.25. The van der Waals surface area contributed by atoms with E-state index in [0.29, 0.717) is 12.3 Å². The summed E-state index contributed by atoms with van der Waals surface area (Å²) in [5, 5.41) is 3.05. The Balaban J connectivity index is 1.58. The van der Waals surface area contributed by atoms with E-state index >= 15 is 0 Å². The third kappa shape index (κ3) is 4.06. The fraction of sp³-hybridized carbons (Fsp3) is 0.562. The third-order valence-corrected chi connectivity index (χ3v) is 3.86. The van der Waals surface area contributed by atoms with Crippen LogP contribution in [-0.2, 0) is 11.2 Å². The zero-order chi connectivity index (χ0) is 13.5. The van der Waals surface area contributed by atoms with Gasteiger partial charge in [0, 0.05) is 18.9 Å². The van der Waals surface area contributed by atoms with Gasteiger partial charge in [0.25, 0.3) is 0 Å². The van der Waals surface area contributed by atoms with Crippen molar-refractivity contribution in [2.75, 3.05) is 13.1 Å². The maximum absolute atomic E-state index is 11.7. The molecule has 0 bridgehead atoms. The molecule has 0 spiro atoms. The normalized spacial score (nSPS) is 16.6. The molecule has 1 aliphatic carbocycles. The summed E-state index contributed by atoms with van der Waals surface area (Å²) in [7, 11) is 0. The molecule has 0 saturated carbocycles. The van der Waals surface area contributed by atoms with E-state index in [-0.39, 0.29) is 5.91 Å². The minimum absolute atomic E-state index is 0.192. The molecule has 1 aliphatic rings. The summed E-state index contributed by atoms with van der Waals surface area (Å²) >= 11 is 0. The average Bonchev–Trinajstić information content (AvgIpc) is 2.39. The zero-order valence-electron chi connectivity index (χ0n) is 11.5. The van der Waals surface area contributed by atoms with E-state index in [4.69, 9.17) is 5.73 Å². The zero-order valence-corrected chi connectivity index (χ0v) is 11.5. The standard InChI is InChI=1S/C16H24N2O/c17-10-6-2-1-3-9-16(19)18-12-14-11-13-7-4-5-8-15(13)14/h4-5,7-8,14H,1-3,6,9-12,17H2,(H,18,19). The van der Waals surface area contributed by atoms with E-state index in [1.807, 2.05) is 0 Å². The molecule has 1 aromatic rings. The Morgan fingerprint density at radius 1 is 1.21 bits per heavy atom. The maximum Gasteiger partial charge on any atom is 0.220 e. The van der Waals surface area contributed by atoms with Gasteiger partial charge in [-0.15, -0.1) is 0 Å². The summed E-state index contributed by atoms with van der Waals surface area (Å²) in [5.74, 6) is 0.717. The summed E-state index contributed by atoms with van der Waals surface area (Å²) in [6.45, 7) is 1.55. The fourth-order valence-corrected chi connectivity index (χ4v) is 2.65. The van der Waals surface area contributed by atoms with Gasteiger partial charge in [0.15, 0.2) is 0 Å². The molecule has 0 saturated heterocycles. The number of carbonyl (C=O) groups is 1. The third-order valence-electron chi connectivity index (χ3n) is 3.86. The molecule has 2 rings (SSSR count). The molecule has 1 unspecified atom stereocenters. The lowest BCUT2D eigenvalue weighted by molar-refractivity contribution is -0.121. The molecule has 0 radical (unpaired) electrons. The molecule has 3 nitrogen and oxygen atoms in total. The first-order valence-corrected chi connectivity index (χ1v) is 7.36. The van der Waals surface area contributed by atoms with Gasteiger partial charge < -0.3 is 11.1 Å². The summed E-state index contributed by atoms with van der Waals surface area (Å²) in [4.78, 5) is 11.7. The van der Waals surface area contributed by atoms with Crippen molar-refractivity contribution >= 4 is 5.91 Å². The molecule has 3 N–H and O–H groups in total. The maximum atomic E-state index is 11.7. The van der Waals surface area contributed by atoms with Crippen LogP contribution in [0.25, 0.3) is 0 Å². The minimum Gasteiger partial charge on any atom is -0.355 e. The van der Waals surface area contributed by atoms with E-state index < -0.39 is 0 Å². The van der Waals surface area contributed by atoms with Crippen molar-refractivity contribution in [2.24, 2.45) is 5.73 Å². The van der Waals surface area contributed by atoms with Gasteiger partial charge in [-0.25, -0.2) is 0 Å². The summed E-state index contributed by atoms with van der Waals surface area (Å²) in [6.07, 6.45) is 6.05. The first kappa shape index (κ1) is 14.1. The van der Waals surface area contributed by atoms with Gasteiger partial charge in [-0.2, -0.15) is 0 Å². The lowest BCUT2D eigenvalue weighted by Crippen LogP contribution is -2.32. The second kappa shape index (κ2) is 7.29. The predicted molar refractivity (Wildman–Crippen MR) is 78.0 cm³/mol. The SMILES string of the molecule is NCCCCCCC(=O)NCC1Cc2ccccc21. The molecule has 1 aromatic carbocycles. The lowest BCUT2D eigenvalue weighted by Gasteiger charge is -2.30. The Bertz CT molecular complexity index is 417. The number of unbranched alkanes of at least 4 members (excludes halogenated alkanes) is 3. The summed E-state index contributed by atoms with van der Waals surface area (Å²) < 4.78 is 0. The molecule has 0 fully saturated rings. The number of rotatable bonds is 8. The van der Waals surface area contributed by atoms with Gasteiger partial charge in [-0.05, 0) is 36.9 Å². The number of hydrogen-bond donors (Lipinski definition) is 2. The van der Waals surface area contributed by atoms with E-state index in [1.165, 1.54) is 11.1 Å². The van der Waals surface area contributed by atoms with E-state index in [1.54, 1.807) is 0 Å². The summed E-state index contributed by atoms with van der Waals surface area (Å²) in [6, 6.07) is 8.49. The van der Waals surface area contributed by atoms with Crippen molar-refractivity contribution in [3.63, 3.8) is 0 Å². The molecule has 0 aromatic heterocycles. The Morgan fingerprint density at radius 2 is 2.00 bits per heavy atom. The average molecular weight is 260 g/mol. The molecule has 1 amide bonds. The van der Waals surface area contributed by atoms with E-state index in [9.17, 15) is 4.79 Å². The number of carbonyl (C=O) groups excluding carboxylic acids is 1. The topological polar surface area (TPSA) is 55.1 Å². The van der Waals surface area contributed by atoms with Gasteiger partial charge in [0.1, 0.15) is 0 Å².